The van der Waals surface area contributed by atoms with Crippen molar-refractivity contribution < 1.29 is 22.7 Å². The molecule has 152 valence electrons. The number of aryl methyl sites for hydroxylation is 1. The van der Waals surface area contributed by atoms with Crippen molar-refractivity contribution >= 4 is 21.6 Å². The van der Waals surface area contributed by atoms with Crippen LogP contribution in [0, 0.1) is 6.92 Å². The third-order valence-electron chi connectivity index (χ3n) is 4.03. The molecule has 28 heavy (non-hydrogen) atoms. The first-order chi connectivity index (χ1) is 13.2. The van der Waals surface area contributed by atoms with E-state index >= 15 is 0 Å². The Hall–Kier alpha value is -2.58. The number of hydrogen-bond donors (Lipinski definition) is 1. The van der Waals surface area contributed by atoms with Gasteiger partial charge < -0.3 is 14.8 Å². The highest BCUT2D eigenvalue weighted by Gasteiger charge is 2.19. The molecule has 8 heteroatoms. The number of methoxy groups -OCH3 is 1. The number of carbonyl (C=O) groups is 1. The maximum atomic E-state index is 12.3. The lowest BCUT2D eigenvalue weighted by atomic mass is 10.2. The fourth-order valence-corrected chi connectivity index (χ4v) is 3.43. The smallest absolute Gasteiger partial charge is 0.242 e. The van der Waals surface area contributed by atoms with Crippen molar-refractivity contribution in [3.8, 4) is 11.5 Å². The molecular weight excluding hydrogens is 380 g/mol. The van der Waals surface area contributed by atoms with Crippen LogP contribution in [0.2, 0.25) is 0 Å². The van der Waals surface area contributed by atoms with E-state index in [0.717, 1.165) is 15.6 Å². The molecule has 0 aliphatic heterocycles. The van der Waals surface area contributed by atoms with Gasteiger partial charge in [0.1, 0.15) is 11.5 Å². The molecule has 0 saturated heterocycles. The number of benzene rings is 2. The van der Waals surface area contributed by atoms with E-state index < -0.39 is 10.0 Å². The van der Waals surface area contributed by atoms with E-state index in [1.807, 2.05) is 31.2 Å². The number of ether oxygens (including phenoxy) is 2. The van der Waals surface area contributed by atoms with Crippen LogP contribution in [0.1, 0.15) is 18.4 Å². The van der Waals surface area contributed by atoms with Crippen molar-refractivity contribution in [2.75, 3.05) is 33.1 Å². The van der Waals surface area contributed by atoms with Crippen LogP contribution >= 0.6 is 0 Å². The van der Waals surface area contributed by atoms with Crippen LogP contribution in [0.25, 0.3) is 0 Å². The third-order valence-corrected chi connectivity index (χ3v) is 5.84. The molecule has 0 unspecified atom stereocenters. The summed E-state index contributed by atoms with van der Waals surface area (Å²) >= 11 is 0. The van der Waals surface area contributed by atoms with Gasteiger partial charge in [-0.2, -0.15) is 0 Å². The molecule has 7 nitrogen and oxygen atoms in total. The fourth-order valence-electron chi connectivity index (χ4n) is 2.50. The number of nitrogens with one attached hydrogen (secondary N) is 1. The van der Waals surface area contributed by atoms with Crippen LogP contribution in [0.15, 0.2) is 47.4 Å². The zero-order valence-corrected chi connectivity index (χ0v) is 17.4. The summed E-state index contributed by atoms with van der Waals surface area (Å²) in [7, 11) is 0.751. The van der Waals surface area contributed by atoms with Gasteiger partial charge in [0.05, 0.1) is 24.3 Å². The van der Waals surface area contributed by atoms with Gasteiger partial charge in [-0.1, -0.05) is 12.1 Å². The summed E-state index contributed by atoms with van der Waals surface area (Å²) in [5.41, 5.74) is 1.42. The van der Waals surface area contributed by atoms with Gasteiger partial charge >= 0.3 is 0 Å². The first-order valence-electron chi connectivity index (χ1n) is 8.84. The molecule has 0 aliphatic carbocycles. The lowest BCUT2D eigenvalue weighted by molar-refractivity contribution is -0.116. The number of carbonyl (C=O) groups excluding carboxylic acids is 1. The topological polar surface area (TPSA) is 84.9 Å². The summed E-state index contributed by atoms with van der Waals surface area (Å²) in [6.45, 7) is 2.39. The molecule has 2 aromatic rings. The first-order valence-corrected chi connectivity index (χ1v) is 10.3. The van der Waals surface area contributed by atoms with Gasteiger partial charge in [0.2, 0.25) is 15.9 Å². The van der Waals surface area contributed by atoms with E-state index in [0.29, 0.717) is 24.5 Å². The summed E-state index contributed by atoms with van der Waals surface area (Å²) in [5, 5.41) is 2.72. The van der Waals surface area contributed by atoms with Gasteiger partial charge in [0.25, 0.3) is 0 Å². The van der Waals surface area contributed by atoms with E-state index in [9.17, 15) is 13.2 Å². The first kappa shape index (κ1) is 21.7. The highest BCUT2D eigenvalue weighted by Crippen LogP contribution is 2.28. The zero-order chi connectivity index (χ0) is 20.7. The predicted octanol–water partition coefficient (Wildman–Crippen LogP) is 3.05. The Morgan fingerprint density at radius 1 is 1.14 bits per heavy atom. The Kier molecular flexibility index (Phi) is 7.42. The quantitative estimate of drug-likeness (QED) is 0.647. The van der Waals surface area contributed by atoms with Crippen molar-refractivity contribution in [1.29, 1.82) is 0 Å². The van der Waals surface area contributed by atoms with Gasteiger partial charge in [-0.05, 0) is 49.2 Å². The van der Waals surface area contributed by atoms with E-state index in [4.69, 9.17) is 9.47 Å². The van der Waals surface area contributed by atoms with Crippen molar-refractivity contribution in [3.63, 3.8) is 0 Å². The lowest BCUT2D eigenvalue weighted by Gasteiger charge is -2.15. The second kappa shape index (κ2) is 9.57. The summed E-state index contributed by atoms with van der Waals surface area (Å²) < 4.78 is 36.6. The Morgan fingerprint density at radius 2 is 1.89 bits per heavy atom. The molecule has 0 aliphatic rings. The number of rotatable bonds is 9. The molecule has 2 aromatic carbocycles. The van der Waals surface area contributed by atoms with Gasteiger partial charge in [-0.15, -0.1) is 0 Å². The molecule has 0 aromatic heterocycles. The molecule has 0 bridgehead atoms. The second-order valence-corrected chi connectivity index (χ2v) is 8.62. The molecule has 2 rings (SSSR count). The maximum Gasteiger partial charge on any atom is 0.242 e. The maximum absolute atomic E-state index is 12.3. The predicted molar refractivity (Wildman–Crippen MR) is 108 cm³/mol. The SMILES string of the molecule is COc1ccc(S(=O)(=O)N(C)C)cc1NC(=O)CCCOc1cccc(C)c1. The average molecular weight is 407 g/mol. The molecule has 0 saturated carbocycles. The summed E-state index contributed by atoms with van der Waals surface area (Å²) in [4.78, 5) is 12.3. The van der Waals surface area contributed by atoms with Crippen molar-refractivity contribution in [2.45, 2.75) is 24.7 Å². The minimum atomic E-state index is -3.61. The van der Waals surface area contributed by atoms with Crippen molar-refractivity contribution in [3.05, 3.63) is 48.0 Å². The Bertz CT molecular complexity index is 926. The van der Waals surface area contributed by atoms with Gasteiger partial charge in [-0.3, -0.25) is 4.79 Å². The van der Waals surface area contributed by atoms with Crippen molar-refractivity contribution in [2.24, 2.45) is 0 Å². The molecule has 0 heterocycles. The van der Waals surface area contributed by atoms with E-state index in [1.165, 1.54) is 39.4 Å². The minimum absolute atomic E-state index is 0.0800. The van der Waals surface area contributed by atoms with Crippen LogP contribution in [0.4, 0.5) is 5.69 Å². The number of nitrogens with zero attached hydrogens (tertiary/aromatic N) is 1. The van der Waals surface area contributed by atoms with Crippen LogP contribution in [-0.2, 0) is 14.8 Å². The molecular formula is C20H26N2O5S. The van der Waals surface area contributed by atoms with Gasteiger partial charge in [-0.25, -0.2) is 12.7 Å². The number of amides is 1. The molecule has 0 spiro atoms. The fraction of sp³-hybridized carbons (Fsp3) is 0.350. The average Bonchev–Trinajstić information content (AvgIpc) is 2.65. The van der Waals surface area contributed by atoms with E-state index in [-0.39, 0.29) is 17.2 Å². The van der Waals surface area contributed by atoms with Crippen LogP contribution in [-0.4, -0.2) is 46.4 Å². The Balaban J connectivity index is 1.96. The van der Waals surface area contributed by atoms with Crippen LogP contribution in [0.5, 0.6) is 11.5 Å². The minimum Gasteiger partial charge on any atom is -0.495 e. The van der Waals surface area contributed by atoms with Gasteiger partial charge in [0.15, 0.2) is 0 Å². The summed E-state index contributed by atoms with van der Waals surface area (Å²) in [6, 6.07) is 12.1. The summed E-state index contributed by atoms with van der Waals surface area (Å²) in [6.07, 6.45) is 0.761. The second-order valence-electron chi connectivity index (χ2n) is 6.47. The highest BCUT2D eigenvalue weighted by atomic mass is 32.2. The molecule has 1 N–H and O–H groups in total. The number of hydrogen-bond acceptors (Lipinski definition) is 5. The molecule has 0 atom stereocenters. The molecule has 0 radical (unpaired) electrons. The third kappa shape index (κ3) is 5.71. The lowest BCUT2D eigenvalue weighted by Crippen LogP contribution is -2.22. The molecule has 1 amide bonds. The monoisotopic (exact) mass is 406 g/mol. The van der Waals surface area contributed by atoms with Gasteiger partial charge in [0, 0.05) is 20.5 Å². The standard InChI is InChI=1S/C20H26N2O5S/c1-15-7-5-8-16(13-15)27-12-6-9-20(23)21-18-14-17(10-11-19(18)26-4)28(24,25)22(2)3/h5,7-8,10-11,13-14H,6,9,12H2,1-4H3,(H,21,23). The largest absolute Gasteiger partial charge is 0.495 e. The highest BCUT2D eigenvalue weighted by molar-refractivity contribution is 7.89. The Labute approximate surface area is 166 Å². The van der Waals surface area contributed by atoms with Crippen molar-refractivity contribution in [1.82, 2.24) is 4.31 Å². The van der Waals surface area contributed by atoms with Crippen LogP contribution < -0.4 is 14.8 Å². The summed E-state index contributed by atoms with van der Waals surface area (Å²) in [5.74, 6) is 0.913. The van der Waals surface area contributed by atoms with E-state index in [2.05, 4.69) is 5.32 Å². The normalized spacial score (nSPS) is 11.3. The molecule has 0 fully saturated rings. The Morgan fingerprint density at radius 3 is 2.54 bits per heavy atom. The number of anilines is 1. The number of sulfonamides is 1. The van der Waals surface area contributed by atoms with E-state index in [1.54, 1.807) is 0 Å². The zero-order valence-electron chi connectivity index (χ0n) is 16.6. The van der Waals surface area contributed by atoms with Crippen LogP contribution in [0.3, 0.4) is 0 Å².